The predicted octanol–water partition coefficient (Wildman–Crippen LogP) is 2.99. The fourth-order valence-corrected chi connectivity index (χ4v) is 2.25. The first kappa shape index (κ1) is 18.5. The summed E-state index contributed by atoms with van der Waals surface area (Å²) in [6.07, 6.45) is 0.796. The number of nitrogens with one attached hydrogen (secondary N) is 1. The number of hydrogen-bond acceptors (Lipinski definition) is 6. The first-order valence-electron chi connectivity index (χ1n) is 7.75. The second-order valence-electron chi connectivity index (χ2n) is 5.53. The van der Waals surface area contributed by atoms with Crippen molar-refractivity contribution in [1.82, 2.24) is 5.32 Å². The highest BCUT2D eigenvalue weighted by Gasteiger charge is 2.15. The van der Waals surface area contributed by atoms with Gasteiger partial charge in [0.1, 0.15) is 6.23 Å². The van der Waals surface area contributed by atoms with Crippen molar-refractivity contribution in [1.29, 1.82) is 0 Å². The highest BCUT2D eigenvalue weighted by molar-refractivity contribution is 5.33. The van der Waals surface area contributed by atoms with Crippen LogP contribution < -0.4 is 5.32 Å². The molecule has 8 nitrogen and oxygen atoms in total. The second-order valence-corrected chi connectivity index (χ2v) is 5.53. The lowest BCUT2D eigenvalue weighted by Crippen LogP contribution is -2.24. The first-order chi connectivity index (χ1) is 12.0. The molecule has 0 bridgehead atoms. The Bertz CT molecular complexity index is 710. The Kier molecular flexibility index (Phi) is 6.55. The topological polar surface area (TPSA) is 108 Å². The number of nitro benzene ring substituents is 2. The predicted molar refractivity (Wildman–Crippen MR) is 92.4 cm³/mol. The fourth-order valence-electron chi connectivity index (χ4n) is 2.25. The van der Waals surface area contributed by atoms with Crippen molar-refractivity contribution >= 4 is 11.4 Å². The molecule has 0 amide bonds. The first-order valence-corrected chi connectivity index (χ1v) is 7.75. The summed E-state index contributed by atoms with van der Waals surface area (Å²) in [7, 11) is 0. The Labute approximate surface area is 144 Å². The molecule has 1 unspecified atom stereocenters. The minimum Gasteiger partial charge on any atom is -0.362 e. The molecule has 0 aliphatic carbocycles. The van der Waals surface area contributed by atoms with Crippen molar-refractivity contribution in [2.45, 2.75) is 19.6 Å². The summed E-state index contributed by atoms with van der Waals surface area (Å²) in [6, 6.07) is 13.0. The van der Waals surface area contributed by atoms with E-state index in [4.69, 9.17) is 4.74 Å². The van der Waals surface area contributed by atoms with Crippen molar-refractivity contribution in [3.05, 3.63) is 79.9 Å². The van der Waals surface area contributed by atoms with Crippen LogP contribution in [0.25, 0.3) is 0 Å². The van der Waals surface area contributed by atoms with Crippen LogP contribution in [0.4, 0.5) is 11.4 Å². The van der Waals surface area contributed by atoms with Gasteiger partial charge in [0.2, 0.25) is 0 Å². The molecule has 2 aromatic rings. The average molecular weight is 345 g/mol. The summed E-state index contributed by atoms with van der Waals surface area (Å²) >= 11 is 0. The van der Waals surface area contributed by atoms with Gasteiger partial charge in [0.05, 0.1) is 16.5 Å². The molecule has 2 aromatic carbocycles. The fraction of sp³-hybridized carbons (Fsp3) is 0.294. The van der Waals surface area contributed by atoms with Crippen molar-refractivity contribution in [2.24, 2.45) is 0 Å². The minimum absolute atomic E-state index is 0.0476. The largest absolute Gasteiger partial charge is 0.362 e. The SMILES string of the molecule is Cc1ccc([N+](=O)[O-])cc1.O=[N+]([O-])c1ccc(CC2NCCO2)cc1. The number of hydrogen-bond donors (Lipinski definition) is 1. The third-order valence-corrected chi connectivity index (χ3v) is 3.61. The lowest BCUT2D eigenvalue weighted by Gasteiger charge is -2.09. The number of non-ortho nitro benzene ring substituents is 2. The molecular formula is C17H19N3O5. The summed E-state index contributed by atoms with van der Waals surface area (Å²) in [6.45, 7) is 3.50. The zero-order valence-electron chi connectivity index (χ0n) is 13.8. The molecule has 25 heavy (non-hydrogen) atoms. The van der Waals surface area contributed by atoms with Crippen LogP contribution in [-0.2, 0) is 11.2 Å². The molecule has 1 fully saturated rings. The average Bonchev–Trinajstić information content (AvgIpc) is 3.09. The van der Waals surface area contributed by atoms with Crippen LogP contribution in [0.3, 0.4) is 0 Å². The summed E-state index contributed by atoms with van der Waals surface area (Å²) in [5, 5.41) is 23.7. The molecule has 3 rings (SSSR count). The van der Waals surface area contributed by atoms with Gasteiger partial charge in [0.15, 0.2) is 0 Å². The number of benzene rings is 2. The second kappa shape index (κ2) is 8.86. The van der Waals surface area contributed by atoms with E-state index in [1.807, 2.05) is 6.92 Å². The lowest BCUT2D eigenvalue weighted by atomic mass is 10.1. The number of nitrogens with zero attached hydrogens (tertiary/aromatic N) is 2. The summed E-state index contributed by atoms with van der Waals surface area (Å²) in [5.74, 6) is 0. The van der Waals surface area contributed by atoms with E-state index in [1.165, 1.54) is 24.3 Å². The van der Waals surface area contributed by atoms with Crippen LogP contribution in [0.1, 0.15) is 11.1 Å². The Morgan fingerprint density at radius 2 is 1.52 bits per heavy atom. The van der Waals surface area contributed by atoms with Gasteiger partial charge in [-0.05, 0) is 12.5 Å². The molecule has 8 heteroatoms. The van der Waals surface area contributed by atoms with Gasteiger partial charge in [-0.2, -0.15) is 0 Å². The van der Waals surface area contributed by atoms with Gasteiger partial charge in [0, 0.05) is 37.2 Å². The monoisotopic (exact) mass is 345 g/mol. The van der Waals surface area contributed by atoms with E-state index in [0.717, 1.165) is 30.7 Å². The van der Waals surface area contributed by atoms with E-state index < -0.39 is 9.85 Å². The van der Waals surface area contributed by atoms with Gasteiger partial charge in [-0.15, -0.1) is 0 Å². The van der Waals surface area contributed by atoms with Crippen molar-refractivity contribution in [3.8, 4) is 0 Å². The lowest BCUT2D eigenvalue weighted by molar-refractivity contribution is -0.385. The summed E-state index contributed by atoms with van der Waals surface area (Å²) in [4.78, 5) is 19.7. The molecule has 132 valence electrons. The Morgan fingerprint density at radius 1 is 1.00 bits per heavy atom. The van der Waals surface area contributed by atoms with Gasteiger partial charge in [-0.25, -0.2) is 0 Å². The van der Waals surface area contributed by atoms with Crippen molar-refractivity contribution < 1.29 is 14.6 Å². The summed E-state index contributed by atoms with van der Waals surface area (Å²) in [5.41, 5.74) is 2.34. The standard InChI is InChI=1S/C10H12N2O3.C7H7NO2/c13-12(14)9-3-1-8(2-4-9)7-10-11-5-6-15-10;1-6-2-4-7(5-3-6)8(9)10/h1-4,10-11H,5-7H2;2-5H,1H3. The highest BCUT2D eigenvalue weighted by Crippen LogP contribution is 2.14. The molecule has 1 N–H and O–H groups in total. The van der Waals surface area contributed by atoms with E-state index in [9.17, 15) is 20.2 Å². The van der Waals surface area contributed by atoms with E-state index >= 15 is 0 Å². The van der Waals surface area contributed by atoms with Crippen LogP contribution in [-0.4, -0.2) is 29.2 Å². The van der Waals surface area contributed by atoms with Gasteiger partial charge in [-0.1, -0.05) is 29.8 Å². The molecule has 0 spiro atoms. The summed E-state index contributed by atoms with van der Waals surface area (Å²) < 4.78 is 5.39. The zero-order valence-corrected chi connectivity index (χ0v) is 13.8. The molecule has 0 saturated carbocycles. The van der Waals surface area contributed by atoms with Crippen LogP contribution in [0.2, 0.25) is 0 Å². The highest BCUT2D eigenvalue weighted by atomic mass is 16.6. The number of nitro groups is 2. The molecule has 0 radical (unpaired) electrons. The number of aryl methyl sites for hydroxylation is 1. The molecule has 1 aliphatic rings. The maximum atomic E-state index is 10.4. The van der Waals surface area contributed by atoms with Gasteiger partial charge in [0.25, 0.3) is 11.4 Å². The van der Waals surface area contributed by atoms with Crippen LogP contribution in [0.15, 0.2) is 48.5 Å². The van der Waals surface area contributed by atoms with Crippen molar-refractivity contribution in [3.63, 3.8) is 0 Å². The normalized spacial score (nSPS) is 16.0. The molecule has 0 aromatic heterocycles. The maximum Gasteiger partial charge on any atom is 0.269 e. The third kappa shape index (κ3) is 5.94. The molecule has 1 aliphatic heterocycles. The van der Waals surface area contributed by atoms with Crippen LogP contribution in [0.5, 0.6) is 0 Å². The van der Waals surface area contributed by atoms with Gasteiger partial charge >= 0.3 is 0 Å². The van der Waals surface area contributed by atoms with Crippen molar-refractivity contribution in [2.75, 3.05) is 13.2 Å². The Balaban J connectivity index is 0.000000196. The zero-order chi connectivity index (χ0) is 18.2. The Hall–Kier alpha value is -2.84. The van der Waals surface area contributed by atoms with Gasteiger partial charge < -0.3 is 4.74 Å². The number of ether oxygens (including phenoxy) is 1. The smallest absolute Gasteiger partial charge is 0.269 e. The van der Waals surface area contributed by atoms with Gasteiger partial charge in [-0.3, -0.25) is 25.5 Å². The minimum atomic E-state index is -0.403. The third-order valence-electron chi connectivity index (χ3n) is 3.61. The quantitative estimate of drug-likeness (QED) is 0.674. The molecule has 1 heterocycles. The Morgan fingerprint density at radius 3 is 1.96 bits per heavy atom. The van der Waals surface area contributed by atoms with Crippen LogP contribution >= 0.6 is 0 Å². The van der Waals surface area contributed by atoms with Crippen LogP contribution in [0, 0.1) is 27.2 Å². The van der Waals surface area contributed by atoms with E-state index in [0.29, 0.717) is 0 Å². The molecular weight excluding hydrogens is 326 g/mol. The number of rotatable bonds is 4. The van der Waals surface area contributed by atoms with E-state index in [-0.39, 0.29) is 17.6 Å². The maximum absolute atomic E-state index is 10.4. The van der Waals surface area contributed by atoms with E-state index in [1.54, 1.807) is 24.3 Å². The molecule has 1 atom stereocenters. The molecule has 1 saturated heterocycles. The van der Waals surface area contributed by atoms with E-state index in [2.05, 4.69) is 5.32 Å².